The maximum absolute atomic E-state index is 13.0. The number of rotatable bonds is 3. The van der Waals surface area contributed by atoms with Crippen LogP contribution in [0.3, 0.4) is 0 Å². The van der Waals surface area contributed by atoms with Gasteiger partial charge in [-0.2, -0.15) is 0 Å². The first-order chi connectivity index (χ1) is 9.47. The summed E-state index contributed by atoms with van der Waals surface area (Å²) in [5.41, 5.74) is -0.402. The van der Waals surface area contributed by atoms with Crippen LogP contribution in [-0.4, -0.2) is 27.0 Å². The van der Waals surface area contributed by atoms with Gasteiger partial charge in [0.05, 0.1) is 11.8 Å². The molecule has 0 aromatic carbocycles. The Labute approximate surface area is 117 Å². The first kappa shape index (κ1) is 13.9. The lowest BCUT2D eigenvalue weighted by molar-refractivity contribution is 0.0690. The highest BCUT2D eigenvalue weighted by Crippen LogP contribution is 2.15. The topological polar surface area (TPSA) is 92.2 Å². The molecule has 2 aromatic heterocycles. The number of hydrogen-bond acceptors (Lipinski definition) is 4. The molecule has 0 saturated carbocycles. The van der Waals surface area contributed by atoms with Crippen molar-refractivity contribution >= 4 is 29.3 Å². The van der Waals surface area contributed by atoms with Gasteiger partial charge in [0.15, 0.2) is 5.69 Å². The molecule has 2 rings (SSSR count). The van der Waals surface area contributed by atoms with Crippen LogP contribution in [0, 0.1) is 5.82 Å². The van der Waals surface area contributed by atoms with Crippen LogP contribution in [0.5, 0.6) is 0 Å². The van der Waals surface area contributed by atoms with Gasteiger partial charge in [-0.25, -0.2) is 19.2 Å². The normalized spacial score (nSPS) is 10.1. The van der Waals surface area contributed by atoms with Crippen molar-refractivity contribution in [3.63, 3.8) is 0 Å². The first-order valence-electron chi connectivity index (χ1n) is 5.30. The zero-order valence-corrected chi connectivity index (χ0v) is 10.6. The largest absolute Gasteiger partial charge is 0.477 e. The summed E-state index contributed by atoms with van der Waals surface area (Å²) >= 11 is 5.69. The first-order valence-corrected chi connectivity index (χ1v) is 5.68. The minimum Gasteiger partial charge on any atom is -0.477 e. The third-order valence-electron chi connectivity index (χ3n) is 2.26. The van der Waals surface area contributed by atoms with Gasteiger partial charge in [0.25, 0.3) is 5.91 Å². The number of carbonyl (C=O) groups is 2. The van der Waals surface area contributed by atoms with Crippen LogP contribution in [0.15, 0.2) is 30.5 Å². The summed E-state index contributed by atoms with van der Waals surface area (Å²) in [5.74, 6) is -2.68. The van der Waals surface area contributed by atoms with E-state index in [0.29, 0.717) is 0 Å². The molecule has 6 nitrogen and oxygen atoms in total. The number of carbonyl (C=O) groups excluding carboxylic acids is 1. The summed E-state index contributed by atoms with van der Waals surface area (Å²) < 4.78 is 13.0. The van der Waals surface area contributed by atoms with Gasteiger partial charge in [-0.15, -0.1) is 0 Å². The fourth-order valence-corrected chi connectivity index (χ4v) is 1.58. The Kier molecular flexibility index (Phi) is 3.90. The number of anilines is 1. The van der Waals surface area contributed by atoms with E-state index in [2.05, 4.69) is 15.3 Å². The predicted octanol–water partition coefficient (Wildman–Crippen LogP) is 2.22. The summed E-state index contributed by atoms with van der Waals surface area (Å²) in [5, 5.41) is 10.9. The number of nitrogens with one attached hydrogen (secondary N) is 1. The van der Waals surface area contributed by atoms with E-state index in [1.807, 2.05) is 0 Å². The molecule has 0 aliphatic rings. The number of aromatic nitrogens is 2. The second kappa shape index (κ2) is 5.62. The minimum atomic E-state index is -1.23. The van der Waals surface area contributed by atoms with E-state index in [1.54, 1.807) is 0 Å². The number of carboxylic acids is 1. The Morgan fingerprint density at radius 1 is 1.35 bits per heavy atom. The number of nitrogens with zero attached hydrogens (tertiary/aromatic N) is 2. The van der Waals surface area contributed by atoms with Gasteiger partial charge in [-0.3, -0.25) is 4.79 Å². The summed E-state index contributed by atoms with van der Waals surface area (Å²) in [7, 11) is 0. The molecule has 20 heavy (non-hydrogen) atoms. The average molecular weight is 296 g/mol. The number of pyridine rings is 2. The van der Waals surface area contributed by atoms with Crippen LogP contribution in [0.1, 0.15) is 20.8 Å². The van der Waals surface area contributed by atoms with Crippen molar-refractivity contribution in [2.75, 3.05) is 5.32 Å². The van der Waals surface area contributed by atoms with Gasteiger partial charge in [0, 0.05) is 0 Å². The Morgan fingerprint density at radius 3 is 2.80 bits per heavy atom. The Bertz CT molecular complexity index is 693. The number of aromatic carboxylic acids is 1. The zero-order valence-electron chi connectivity index (χ0n) is 9.80. The van der Waals surface area contributed by atoms with Crippen molar-refractivity contribution < 1.29 is 19.1 Å². The van der Waals surface area contributed by atoms with Crippen molar-refractivity contribution in [2.45, 2.75) is 0 Å². The molecule has 0 bridgehead atoms. The second-order valence-electron chi connectivity index (χ2n) is 3.66. The van der Waals surface area contributed by atoms with E-state index >= 15 is 0 Å². The zero-order chi connectivity index (χ0) is 14.7. The third-order valence-corrected chi connectivity index (χ3v) is 2.56. The Morgan fingerprint density at radius 2 is 2.10 bits per heavy atom. The molecule has 1 amide bonds. The number of hydrogen-bond donors (Lipinski definition) is 2. The maximum atomic E-state index is 13.0. The van der Waals surface area contributed by atoms with Crippen molar-refractivity contribution in [1.29, 1.82) is 0 Å². The van der Waals surface area contributed by atoms with Crippen molar-refractivity contribution in [2.24, 2.45) is 0 Å². The smallest absolute Gasteiger partial charge is 0.354 e. The predicted molar refractivity (Wildman–Crippen MR) is 68.4 cm³/mol. The molecular formula is C12H7ClFN3O3. The van der Waals surface area contributed by atoms with E-state index < -0.39 is 17.7 Å². The highest BCUT2D eigenvalue weighted by Gasteiger charge is 2.14. The molecule has 0 spiro atoms. The number of carboxylic acid groups (broad SMARTS) is 1. The molecule has 2 aromatic rings. The monoisotopic (exact) mass is 295 g/mol. The van der Waals surface area contributed by atoms with Crippen LogP contribution < -0.4 is 5.32 Å². The molecule has 0 fully saturated rings. The van der Waals surface area contributed by atoms with Gasteiger partial charge in [-0.05, 0) is 18.2 Å². The fourth-order valence-electron chi connectivity index (χ4n) is 1.39. The van der Waals surface area contributed by atoms with Gasteiger partial charge in [0.1, 0.15) is 16.8 Å². The lowest BCUT2D eigenvalue weighted by Gasteiger charge is -2.06. The van der Waals surface area contributed by atoms with Crippen LogP contribution in [-0.2, 0) is 0 Å². The van der Waals surface area contributed by atoms with E-state index in [1.165, 1.54) is 18.2 Å². The molecule has 0 atom stereocenters. The Hall–Kier alpha value is -2.54. The number of amides is 1. The van der Waals surface area contributed by atoms with Crippen molar-refractivity contribution in [3.05, 3.63) is 52.7 Å². The van der Waals surface area contributed by atoms with E-state index in [0.717, 1.165) is 12.3 Å². The molecular weight excluding hydrogens is 289 g/mol. The summed E-state index contributed by atoms with van der Waals surface area (Å²) in [6, 6.07) is 5.00. The van der Waals surface area contributed by atoms with Gasteiger partial charge in [0.2, 0.25) is 0 Å². The molecule has 0 saturated heterocycles. The van der Waals surface area contributed by atoms with Gasteiger partial charge in [-0.1, -0.05) is 17.7 Å². The van der Waals surface area contributed by atoms with Crippen LogP contribution in [0.25, 0.3) is 0 Å². The fraction of sp³-hybridized carbons (Fsp3) is 0. The Balaban J connectivity index is 2.25. The van der Waals surface area contributed by atoms with Crippen molar-refractivity contribution in [1.82, 2.24) is 9.97 Å². The number of halogens is 2. The minimum absolute atomic E-state index is 0.00947. The molecule has 0 radical (unpaired) electrons. The molecule has 0 aliphatic heterocycles. The van der Waals surface area contributed by atoms with Crippen LogP contribution >= 0.6 is 11.6 Å². The molecule has 102 valence electrons. The van der Waals surface area contributed by atoms with Gasteiger partial charge < -0.3 is 10.4 Å². The summed E-state index contributed by atoms with van der Waals surface area (Å²) in [4.78, 5) is 29.8. The third kappa shape index (κ3) is 3.07. The highest BCUT2D eigenvalue weighted by atomic mass is 35.5. The molecule has 0 unspecified atom stereocenters. The molecule has 2 heterocycles. The summed E-state index contributed by atoms with van der Waals surface area (Å²) in [6.45, 7) is 0. The summed E-state index contributed by atoms with van der Waals surface area (Å²) in [6.07, 6.45) is 0.877. The second-order valence-corrected chi connectivity index (χ2v) is 4.02. The SMILES string of the molecule is O=C(O)c1cccc(NC(=O)c2cc(F)cnc2Cl)n1. The van der Waals surface area contributed by atoms with E-state index in [9.17, 15) is 14.0 Å². The lowest BCUT2D eigenvalue weighted by Crippen LogP contribution is -2.15. The molecule has 8 heteroatoms. The van der Waals surface area contributed by atoms with Crippen LogP contribution in [0.2, 0.25) is 5.15 Å². The van der Waals surface area contributed by atoms with Crippen LogP contribution in [0.4, 0.5) is 10.2 Å². The standard InChI is InChI=1S/C12H7ClFN3O3/c13-10-7(4-6(14)5-15-10)11(18)17-9-3-1-2-8(16-9)12(19)20/h1-5H,(H,19,20)(H,16,17,18). The van der Waals surface area contributed by atoms with Crippen molar-refractivity contribution in [3.8, 4) is 0 Å². The maximum Gasteiger partial charge on any atom is 0.354 e. The van der Waals surface area contributed by atoms with E-state index in [-0.39, 0.29) is 22.2 Å². The molecule has 0 aliphatic carbocycles. The van der Waals surface area contributed by atoms with E-state index in [4.69, 9.17) is 16.7 Å². The average Bonchev–Trinajstić information content (AvgIpc) is 2.41. The molecule has 2 N–H and O–H groups in total. The van der Waals surface area contributed by atoms with Gasteiger partial charge >= 0.3 is 5.97 Å². The quantitative estimate of drug-likeness (QED) is 0.847. The lowest BCUT2D eigenvalue weighted by atomic mass is 10.2. The highest BCUT2D eigenvalue weighted by molar-refractivity contribution is 6.33.